The van der Waals surface area contributed by atoms with Gasteiger partial charge in [-0.1, -0.05) is 0 Å². The van der Waals surface area contributed by atoms with Gasteiger partial charge in [-0.3, -0.25) is 0 Å². The van der Waals surface area contributed by atoms with Gasteiger partial charge in [-0.25, -0.2) is 4.79 Å². The first kappa shape index (κ1) is 13.1. The zero-order valence-corrected chi connectivity index (χ0v) is 8.51. The molecule has 3 N–H and O–H groups in total. The Morgan fingerprint density at radius 2 is 2.15 bits per heavy atom. The SMILES string of the molecule is O=C(CO)OSSC(O)CCCO. The molecule has 0 aliphatic rings. The lowest BCUT2D eigenvalue weighted by Gasteiger charge is -2.06. The summed E-state index contributed by atoms with van der Waals surface area (Å²) in [5.74, 6) is -0.744. The van der Waals surface area contributed by atoms with Gasteiger partial charge in [0.25, 0.3) is 0 Å². The molecule has 5 nitrogen and oxygen atoms in total. The molecule has 0 heterocycles. The highest BCUT2D eigenvalue weighted by molar-refractivity contribution is 8.75. The van der Waals surface area contributed by atoms with Gasteiger partial charge in [0.1, 0.15) is 23.1 Å². The number of carbonyl (C=O) groups excluding carboxylic acids is 1. The third-order valence-electron chi connectivity index (χ3n) is 1.02. The maximum Gasteiger partial charge on any atom is 0.344 e. The van der Waals surface area contributed by atoms with Crippen LogP contribution < -0.4 is 0 Å². The van der Waals surface area contributed by atoms with Crippen molar-refractivity contribution in [3.8, 4) is 0 Å². The molecular formula is C6H12O5S2. The molecule has 0 radical (unpaired) electrons. The van der Waals surface area contributed by atoms with Crippen molar-refractivity contribution in [3.63, 3.8) is 0 Å². The molecule has 0 rings (SSSR count). The number of aliphatic hydroxyl groups excluding tert-OH is 3. The summed E-state index contributed by atoms with van der Waals surface area (Å²) in [5, 5.41) is 25.8. The zero-order chi connectivity index (χ0) is 10.1. The van der Waals surface area contributed by atoms with Crippen molar-refractivity contribution in [2.75, 3.05) is 13.2 Å². The van der Waals surface area contributed by atoms with Crippen LogP contribution in [0.3, 0.4) is 0 Å². The van der Waals surface area contributed by atoms with E-state index in [2.05, 4.69) is 4.18 Å². The summed E-state index contributed by atoms with van der Waals surface area (Å²) in [6.45, 7) is -0.640. The largest absolute Gasteiger partial charge is 0.396 e. The molecule has 1 unspecified atom stereocenters. The van der Waals surface area contributed by atoms with Gasteiger partial charge in [0.05, 0.1) is 0 Å². The second-order valence-electron chi connectivity index (χ2n) is 2.10. The third kappa shape index (κ3) is 8.38. The minimum absolute atomic E-state index is 0.0265. The van der Waals surface area contributed by atoms with Crippen LogP contribution in [0.5, 0.6) is 0 Å². The summed E-state index contributed by atoms with van der Waals surface area (Å²) in [6.07, 6.45) is 0.938. The van der Waals surface area contributed by atoms with Crippen molar-refractivity contribution < 1.29 is 24.3 Å². The number of aliphatic hydroxyl groups is 3. The molecule has 0 bridgehead atoms. The van der Waals surface area contributed by atoms with Gasteiger partial charge in [-0.15, -0.1) is 0 Å². The molecule has 0 saturated heterocycles. The van der Waals surface area contributed by atoms with Gasteiger partial charge in [-0.05, 0) is 23.6 Å². The van der Waals surface area contributed by atoms with Crippen LogP contribution in [-0.4, -0.2) is 39.9 Å². The van der Waals surface area contributed by atoms with Crippen LogP contribution >= 0.6 is 21.9 Å². The van der Waals surface area contributed by atoms with Crippen LogP contribution in [0.25, 0.3) is 0 Å². The van der Waals surface area contributed by atoms with E-state index in [9.17, 15) is 4.79 Å². The fraction of sp³-hybridized carbons (Fsp3) is 0.833. The molecule has 0 amide bonds. The summed E-state index contributed by atoms with van der Waals surface area (Å²) < 4.78 is 4.41. The van der Waals surface area contributed by atoms with E-state index in [0.29, 0.717) is 12.8 Å². The minimum atomic E-state index is -0.744. The maximum atomic E-state index is 10.4. The summed E-state index contributed by atoms with van der Waals surface area (Å²) in [4.78, 5) is 10.4. The summed E-state index contributed by atoms with van der Waals surface area (Å²) in [5.41, 5.74) is -0.677. The van der Waals surface area contributed by atoms with Crippen molar-refractivity contribution >= 4 is 27.8 Å². The van der Waals surface area contributed by atoms with E-state index in [1.54, 1.807) is 0 Å². The van der Waals surface area contributed by atoms with Crippen molar-refractivity contribution in [2.24, 2.45) is 0 Å². The van der Waals surface area contributed by atoms with E-state index in [-0.39, 0.29) is 6.61 Å². The van der Waals surface area contributed by atoms with Gasteiger partial charge < -0.3 is 19.5 Å². The highest BCUT2D eigenvalue weighted by Gasteiger charge is 2.07. The average molecular weight is 228 g/mol. The fourth-order valence-corrected chi connectivity index (χ4v) is 1.87. The van der Waals surface area contributed by atoms with Crippen LogP contribution in [0.2, 0.25) is 0 Å². The minimum Gasteiger partial charge on any atom is -0.396 e. The Labute approximate surface area is 84.1 Å². The van der Waals surface area contributed by atoms with Crippen molar-refractivity contribution in [1.29, 1.82) is 0 Å². The van der Waals surface area contributed by atoms with Crippen molar-refractivity contribution in [1.82, 2.24) is 0 Å². The molecule has 0 aliphatic carbocycles. The van der Waals surface area contributed by atoms with Gasteiger partial charge in [0.2, 0.25) is 0 Å². The van der Waals surface area contributed by atoms with Crippen molar-refractivity contribution in [2.45, 2.75) is 18.3 Å². The molecule has 0 spiro atoms. The molecule has 0 aromatic carbocycles. The molecule has 0 aromatic rings. The zero-order valence-electron chi connectivity index (χ0n) is 6.88. The number of rotatable bonds is 7. The predicted molar refractivity (Wildman–Crippen MR) is 50.7 cm³/mol. The van der Waals surface area contributed by atoms with Crippen LogP contribution in [-0.2, 0) is 8.98 Å². The summed E-state index contributed by atoms with van der Waals surface area (Å²) in [6, 6.07) is 0. The Morgan fingerprint density at radius 1 is 1.46 bits per heavy atom. The first-order chi connectivity index (χ1) is 6.20. The second-order valence-corrected chi connectivity index (χ2v) is 4.12. The summed E-state index contributed by atoms with van der Waals surface area (Å²) >= 11 is 0.720. The molecule has 7 heteroatoms. The molecule has 0 fully saturated rings. The topological polar surface area (TPSA) is 87.0 Å². The lowest BCUT2D eigenvalue weighted by Crippen LogP contribution is -2.04. The molecule has 0 aromatic heterocycles. The van der Waals surface area contributed by atoms with Gasteiger partial charge >= 0.3 is 5.97 Å². The van der Waals surface area contributed by atoms with E-state index >= 15 is 0 Å². The van der Waals surface area contributed by atoms with E-state index in [1.165, 1.54) is 0 Å². The molecule has 78 valence electrons. The standard InChI is InChI=1S/C6H12O5S2/c7-3-1-2-6(10)12-13-11-5(9)4-8/h6-8,10H,1-4H2. The summed E-state index contributed by atoms with van der Waals surface area (Å²) in [7, 11) is 0.967. The lowest BCUT2D eigenvalue weighted by molar-refractivity contribution is -0.135. The van der Waals surface area contributed by atoms with Crippen LogP contribution in [0.1, 0.15) is 12.8 Å². The second kappa shape index (κ2) is 8.64. The maximum absolute atomic E-state index is 10.4. The number of hydrogen-bond donors (Lipinski definition) is 3. The Bertz CT molecular complexity index is 143. The van der Waals surface area contributed by atoms with Gasteiger partial charge in [0, 0.05) is 6.61 Å². The van der Waals surface area contributed by atoms with Crippen LogP contribution in [0.15, 0.2) is 0 Å². The van der Waals surface area contributed by atoms with Crippen molar-refractivity contribution in [3.05, 3.63) is 0 Å². The highest BCUT2D eigenvalue weighted by Crippen LogP contribution is 2.28. The Morgan fingerprint density at radius 3 is 2.69 bits per heavy atom. The van der Waals surface area contributed by atoms with E-state index < -0.39 is 18.0 Å². The molecule has 13 heavy (non-hydrogen) atoms. The fourth-order valence-electron chi connectivity index (χ4n) is 0.443. The number of hydrogen-bond acceptors (Lipinski definition) is 7. The third-order valence-corrected chi connectivity index (χ3v) is 2.91. The average Bonchev–Trinajstić information content (AvgIpc) is 2.14. The quantitative estimate of drug-likeness (QED) is 0.319. The Balaban J connectivity index is 3.26. The van der Waals surface area contributed by atoms with Crippen LogP contribution in [0.4, 0.5) is 0 Å². The smallest absolute Gasteiger partial charge is 0.344 e. The van der Waals surface area contributed by atoms with Gasteiger partial charge in [0.15, 0.2) is 0 Å². The Kier molecular flexibility index (Phi) is 8.67. The highest BCUT2D eigenvalue weighted by atomic mass is 33.1. The normalized spacial score (nSPS) is 12.5. The first-order valence-corrected chi connectivity index (χ1v) is 5.77. The predicted octanol–water partition coefficient (Wildman–Crippen LogP) is -0.0908. The Hall–Kier alpha value is 0.0500. The first-order valence-electron chi connectivity index (χ1n) is 3.63. The van der Waals surface area contributed by atoms with E-state index in [1.807, 2.05) is 0 Å². The van der Waals surface area contributed by atoms with Gasteiger partial charge in [-0.2, -0.15) is 0 Å². The van der Waals surface area contributed by atoms with Crippen LogP contribution in [0, 0.1) is 0 Å². The van der Waals surface area contributed by atoms with E-state index in [4.69, 9.17) is 15.3 Å². The molecule has 0 aliphatic heterocycles. The van der Waals surface area contributed by atoms with E-state index in [0.717, 1.165) is 21.9 Å². The number of carbonyl (C=O) groups is 1. The monoisotopic (exact) mass is 228 g/mol. The lowest BCUT2D eigenvalue weighted by atomic mass is 10.3. The molecule has 1 atom stereocenters. The molecule has 0 saturated carbocycles. The molecular weight excluding hydrogens is 216 g/mol.